The fourth-order valence-electron chi connectivity index (χ4n) is 2.08. The lowest BCUT2D eigenvalue weighted by atomic mass is 10.1. The van der Waals surface area contributed by atoms with Gasteiger partial charge in [-0.2, -0.15) is 0 Å². The van der Waals surface area contributed by atoms with Gasteiger partial charge in [0.2, 0.25) is 0 Å². The molecular formula is C13H14BrN3O2S. The molecule has 2 aromatic rings. The van der Waals surface area contributed by atoms with E-state index in [1.807, 2.05) is 37.5 Å². The number of rotatable bonds is 4. The first kappa shape index (κ1) is 15.1. The van der Waals surface area contributed by atoms with Crippen molar-refractivity contribution in [2.45, 2.75) is 25.9 Å². The van der Waals surface area contributed by atoms with Crippen LogP contribution in [-0.2, 0) is 4.79 Å². The molecule has 0 aliphatic rings. The van der Waals surface area contributed by atoms with E-state index in [0.717, 1.165) is 27.1 Å². The first-order valence-electron chi connectivity index (χ1n) is 5.94. The zero-order chi connectivity index (χ0) is 14.9. The standard InChI is InChI=1S/C13H14BrN3O2S/c1-7-4-10(14)5-8(2)12(7)17-9(3)15-16-13(17)20-6-11(18)19/h4-5H,6H2,1-3H3,(H,18,19). The van der Waals surface area contributed by atoms with Crippen molar-refractivity contribution in [2.75, 3.05) is 5.75 Å². The molecule has 0 unspecified atom stereocenters. The van der Waals surface area contributed by atoms with Crippen molar-refractivity contribution in [2.24, 2.45) is 0 Å². The highest BCUT2D eigenvalue weighted by Crippen LogP contribution is 2.28. The van der Waals surface area contributed by atoms with Crippen LogP contribution in [-0.4, -0.2) is 31.6 Å². The van der Waals surface area contributed by atoms with Crippen LogP contribution in [0.5, 0.6) is 0 Å². The van der Waals surface area contributed by atoms with Gasteiger partial charge in [-0.25, -0.2) is 0 Å². The molecule has 106 valence electrons. The summed E-state index contributed by atoms with van der Waals surface area (Å²) in [5, 5.41) is 17.5. The van der Waals surface area contributed by atoms with E-state index >= 15 is 0 Å². The second-order valence-electron chi connectivity index (χ2n) is 4.44. The monoisotopic (exact) mass is 355 g/mol. The smallest absolute Gasteiger partial charge is 0.313 e. The van der Waals surface area contributed by atoms with E-state index in [4.69, 9.17) is 5.11 Å². The van der Waals surface area contributed by atoms with Gasteiger partial charge in [0, 0.05) is 4.47 Å². The van der Waals surface area contributed by atoms with Crippen molar-refractivity contribution in [1.82, 2.24) is 14.8 Å². The average Bonchev–Trinajstić information content (AvgIpc) is 2.67. The molecule has 1 aromatic heterocycles. The molecule has 0 aliphatic heterocycles. The topological polar surface area (TPSA) is 68.0 Å². The minimum absolute atomic E-state index is 0.0350. The van der Waals surface area contributed by atoms with Gasteiger partial charge in [0.1, 0.15) is 5.82 Å². The molecule has 1 N–H and O–H groups in total. The van der Waals surface area contributed by atoms with Crippen molar-refractivity contribution in [3.05, 3.63) is 33.6 Å². The zero-order valence-electron chi connectivity index (χ0n) is 11.3. The molecule has 0 saturated heterocycles. The third-order valence-corrected chi connectivity index (χ3v) is 4.17. The van der Waals surface area contributed by atoms with Crippen LogP contribution in [0.2, 0.25) is 0 Å². The lowest BCUT2D eigenvalue weighted by Gasteiger charge is -2.14. The first-order valence-corrected chi connectivity index (χ1v) is 7.71. The summed E-state index contributed by atoms with van der Waals surface area (Å²) in [5.74, 6) is -0.162. The molecule has 0 aliphatic carbocycles. The first-order chi connectivity index (χ1) is 9.40. The molecule has 1 aromatic carbocycles. The van der Waals surface area contributed by atoms with Crippen LogP contribution in [0, 0.1) is 20.8 Å². The minimum Gasteiger partial charge on any atom is -0.481 e. The Morgan fingerprint density at radius 1 is 1.30 bits per heavy atom. The quantitative estimate of drug-likeness (QED) is 0.853. The van der Waals surface area contributed by atoms with E-state index in [1.165, 1.54) is 11.8 Å². The SMILES string of the molecule is Cc1cc(Br)cc(C)c1-n1c(C)nnc1SCC(=O)O. The third kappa shape index (κ3) is 3.04. The molecule has 0 atom stereocenters. The van der Waals surface area contributed by atoms with Gasteiger partial charge in [-0.15, -0.1) is 10.2 Å². The Hall–Kier alpha value is -1.34. The zero-order valence-corrected chi connectivity index (χ0v) is 13.7. The normalized spacial score (nSPS) is 10.8. The number of halogens is 1. The van der Waals surface area contributed by atoms with Gasteiger partial charge >= 0.3 is 5.97 Å². The van der Waals surface area contributed by atoms with E-state index in [-0.39, 0.29) is 5.75 Å². The molecular weight excluding hydrogens is 342 g/mol. The number of carbonyl (C=O) groups is 1. The van der Waals surface area contributed by atoms with Gasteiger partial charge in [-0.3, -0.25) is 9.36 Å². The molecule has 2 rings (SSSR count). The number of carboxylic acids is 1. The molecule has 0 fully saturated rings. The Labute approximate surface area is 129 Å². The lowest BCUT2D eigenvalue weighted by molar-refractivity contribution is -0.133. The van der Waals surface area contributed by atoms with Gasteiger partial charge < -0.3 is 5.11 Å². The Balaban J connectivity index is 2.52. The van der Waals surface area contributed by atoms with Gasteiger partial charge in [-0.05, 0) is 44.0 Å². The Bertz CT molecular complexity index is 647. The molecule has 5 nitrogen and oxygen atoms in total. The molecule has 20 heavy (non-hydrogen) atoms. The minimum atomic E-state index is -0.869. The second kappa shape index (κ2) is 5.97. The van der Waals surface area contributed by atoms with E-state index in [0.29, 0.717) is 5.16 Å². The number of aromatic nitrogens is 3. The summed E-state index contributed by atoms with van der Waals surface area (Å²) in [6.45, 7) is 5.88. The molecule has 0 saturated carbocycles. The number of aliphatic carboxylic acids is 1. The maximum absolute atomic E-state index is 10.7. The summed E-state index contributed by atoms with van der Waals surface area (Å²) in [4.78, 5) is 10.7. The summed E-state index contributed by atoms with van der Waals surface area (Å²) in [6, 6.07) is 4.04. The van der Waals surface area contributed by atoms with E-state index in [9.17, 15) is 4.79 Å². The summed E-state index contributed by atoms with van der Waals surface area (Å²) < 4.78 is 2.92. The molecule has 1 heterocycles. The van der Waals surface area contributed by atoms with E-state index in [2.05, 4.69) is 26.1 Å². The third-order valence-electron chi connectivity index (χ3n) is 2.80. The summed E-state index contributed by atoms with van der Waals surface area (Å²) in [5.41, 5.74) is 3.16. The highest BCUT2D eigenvalue weighted by atomic mass is 79.9. The maximum atomic E-state index is 10.7. The predicted octanol–water partition coefficient (Wildman–Crippen LogP) is 3.13. The highest BCUT2D eigenvalue weighted by molar-refractivity contribution is 9.10. The van der Waals surface area contributed by atoms with Gasteiger partial charge in [0.25, 0.3) is 0 Å². The molecule has 0 amide bonds. The Morgan fingerprint density at radius 2 is 1.90 bits per heavy atom. The maximum Gasteiger partial charge on any atom is 0.313 e. The van der Waals surface area contributed by atoms with Crippen molar-refractivity contribution < 1.29 is 9.90 Å². The van der Waals surface area contributed by atoms with Crippen LogP contribution in [0.15, 0.2) is 21.8 Å². The summed E-state index contributed by atoms with van der Waals surface area (Å²) >= 11 is 4.64. The van der Waals surface area contributed by atoms with Crippen molar-refractivity contribution in [3.63, 3.8) is 0 Å². The number of hydrogen-bond acceptors (Lipinski definition) is 4. The predicted molar refractivity (Wildman–Crippen MR) is 81.6 cm³/mol. The van der Waals surface area contributed by atoms with Crippen LogP contribution in [0.3, 0.4) is 0 Å². The summed E-state index contributed by atoms with van der Waals surface area (Å²) in [6.07, 6.45) is 0. The fraction of sp³-hybridized carbons (Fsp3) is 0.308. The molecule has 0 radical (unpaired) electrons. The number of benzene rings is 1. The molecule has 7 heteroatoms. The largest absolute Gasteiger partial charge is 0.481 e. The van der Waals surface area contributed by atoms with Crippen LogP contribution in [0.1, 0.15) is 17.0 Å². The molecule has 0 spiro atoms. The number of nitrogens with zero attached hydrogens (tertiary/aromatic N) is 3. The number of hydrogen-bond donors (Lipinski definition) is 1. The second-order valence-corrected chi connectivity index (χ2v) is 6.29. The average molecular weight is 356 g/mol. The number of thioether (sulfide) groups is 1. The van der Waals surface area contributed by atoms with E-state index < -0.39 is 5.97 Å². The Kier molecular flexibility index (Phi) is 4.49. The fourth-order valence-corrected chi connectivity index (χ4v) is 3.47. The van der Waals surface area contributed by atoms with Crippen LogP contribution in [0.25, 0.3) is 5.69 Å². The lowest BCUT2D eigenvalue weighted by Crippen LogP contribution is -2.06. The number of aryl methyl sites for hydroxylation is 3. The summed E-state index contributed by atoms with van der Waals surface area (Å²) in [7, 11) is 0. The number of carboxylic acid groups (broad SMARTS) is 1. The highest BCUT2D eigenvalue weighted by Gasteiger charge is 2.16. The van der Waals surface area contributed by atoms with Crippen molar-refractivity contribution in [1.29, 1.82) is 0 Å². The Morgan fingerprint density at radius 3 is 2.45 bits per heavy atom. The van der Waals surface area contributed by atoms with Crippen LogP contribution in [0.4, 0.5) is 0 Å². The van der Waals surface area contributed by atoms with Crippen LogP contribution < -0.4 is 0 Å². The van der Waals surface area contributed by atoms with Gasteiger partial charge in [0.15, 0.2) is 5.16 Å². The van der Waals surface area contributed by atoms with E-state index in [1.54, 1.807) is 0 Å². The van der Waals surface area contributed by atoms with Crippen molar-refractivity contribution >= 4 is 33.7 Å². The molecule has 0 bridgehead atoms. The van der Waals surface area contributed by atoms with Gasteiger partial charge in [-0.1, -0.05) is 27.7 Å². The van der Waals surface area contributed by atoms with Crippen molar-refractivity contribution in [3.8, 4) is 5.69 Å². The van der Waals surface area contributed by atoms with Gasteiger partial charge in [0.05, 0.1) is 11.4 Å². The van der Waals surface area contributed by atoms with Crippen LogP contribution >= 0.6 is 27.7 Å².